The fourth-order valence-corrected chi connectivity index (χ4v) is 56.0. The van der Waals surface area contributed by atoms with E-state index < -0.39 is 53.7 Å². The van der Waals surface area contributed by atoms with Gasteiger partial charge in [0.1, 0.15) is 0 Å². The maximum absolute atomic E-state index is 2.63. The summed E-state index contributed by atoms with van der Waals surface area (Å²) in [6.45, 7) is 20.3. The predicted octanol–water partition coefficient (Wildman–Crippen LogP) is 8.87. The molecule has 4 aliphatic carbocycles. The number of hydrogen-bond donors (Lipinski definition) is 0. The number of halogens is 2. The monoisotopic (exact) mass is 1040 g/mol. The smallest absolute Gasteiger partial charge is 1.00 e. The SMILES string of the molecule is CC1=[C]([Zr+]([CH]2C(c3ccccc3)=Cc3ccccc32)[SiH](C)C)C(C)c2ccccc21.CC1=[C]([Zr+]([CH]2C(c3ccccc3)=Cc3ccccc32)[SiH](C)C)C(C)c2ccccc21.[Cl-].[Cl-]. The summed E-state index contributed by atoms with van der Waals surface area (Å²) < 4.78 is 5.09. The van der Waals surface area contributed by atoms with Gasteiger partial charge in [-0.3, -0.25) is 0 Å². The van der Waals surface area contributed by atoms with Crippen LogP contribution in [0.1, 0.15) is 102 Å². The van der Waals surface area contributed by atoms with E-state index in [1.165, 1.54) is 33.4 Å². The van der Waals surface area contributed by atoms with E-state index in [1.54, 1.807) is 44.5 Å². The molecule has 0 radical (unpaired) electrons. The Hall–Kier alpha value is -2.94. The molecular weight excluding hydrogens is 982 g/mol. The molecule has 10 rings (SSSR count). The van der Waals surface area contributed by atoms with Gasteiger partial charge in [0.15, 0.2) is 0 Å². The van der Waals surface area contributed by atoms with E-state index in [1.807, 2.05) is 6.56 Å². The number of rotatable bonds is 8. The van der Waals surface area contributed by atoms with Gasteiger partial charge in [-0.2, -0.15) is 0 Å². The number of hydrogen-bond acceptors (Lipinski definition) is 0. The van der Waals surface area contributed by atoms with Crippen LogP contribution in [0.4, 0.5) is 0 Å². The van der Waals surface area contributed by atoms with Crippen molar-refractivity contribution in [2.75, 3.05) is 0 Å². The minimum Gasteiger partial charge on any atom is -1.00 e. The average Bonchev–Trinajstić information content (AvgIpc) is 3.99. The Bertz CT molecular complexity index is 2510. The minimum absolute atomic E-state index is 0. The van der Waals surface area contributed by atoms with Crippen LogP contribution in [-0.2, 0) is 41.8 Å². The normalized spacial score (nSPS) is 19.1. The van der Waals surface area contributed by atoms with Gasteiger partial charge < -0.3 is 24.8 Å². The first-order valence-electron chi connectivity index (χ1n) is 22.2. The van der Waals surface area contributed by atoms with E-state index >= 15 is 0 Å². The fourth-order valence-electron chi connectivity index (χ4n) is 11.3. The van der Waals surface area contributed by atoms with E-state index in [0.29, 0.717) is 19.1 Å². The third-order valence-corrected chi connectivity index (χ3v) is 55.5. The molecule has 0 fully saturated rings. The molecule has 0 aliphatic heterocycles. The van der Waals surface area contributed by atoms with Crippen LogP contribution in [0.15, 0.2) is 164 Å². The number of benzene rings is 6. The molecule has 0 nitrogen and oxygen atoms in total. The molecule has 0 saturated heterocycles. The second kappa shape index (κ2) is 20.1. The Balaban J connectivity index is 0.000000181. The molecule has 0 aromatic heterocycles. The molecule has 0 amide bonds. The van der Waals surface area contributed by atoms with E-state index in [9.17, 15) is 0 Å². The topological polar surface area (TPSA) is 0 Å². The molecule has 4 aliphatic rings. The van der Waals surface area contributed by atoms with Crippen LogP contribution in [0.5, 0.6) is 0 Å². The van der Waals surface area contributed by atoms with Crippen molar-refractivity contribution in [1.82, 2.24) is 0 Å². The minimum atomic E-state index is -2.00. The predicted molar refractivity (Wildman–Crippen MR) is 260 cm³/mol. The maximum atomic E-state index is 2.63. The van der Waals surface area contributed by atoms with Crippen molar-refractivity contribution in [3.8, 4) is 0 Å². The summed E-state index contributed by atoms with van der Waals surface area (Å²) in [5.41, 5.74) is 21.6. The summed E-state index contributed by atoms with van der Waals surface area (Å²) in [7, 11) is 0. The van der Waals surface area contributed by atoms with Crippen LogP contribution < -0.4 is 24.8 Å². The Kier molecular flexibility index (Phi) is 15.2. The van der Waals surface area contributed by atoms with Gasteiger partial charge in [0.05, 0.1) is 0 Å². The first-order chi connectivity index (χ1) is 29.2. The van der Waals surface area contributed by atoms with E-state index in [2.05, 4.69) is 224 Å². The Morgan fingerprint density at radius 3 is 1.03 bits per heavy atom. The average molecular weight is 1040 g/mol. The van der Waals surface area contributed by atoms with Gasteiger partial charge in [-0.05, 0) is 0 Å². The quantitative estimate of drug-likeness (QED) is 0.134. The fraction of sp³-hybridized carbons (Fsp3) is 0.214. The van der Waals surface area contributed by atoms with Gasteiger partial charge in [0.25, 0.3) is 0 Å². The van der Waals surface area contributed by atoms with Gasteiger partial charge in [-0.25, -0.2) is 0 Å². The molecule has 0 spiro atoms. The second-order valence-electron chi connectivity index (χ2n) is 18.0. The summed E-state index contributed by atoms with van der Waals surface area (Å²) in [5.74, 6) is -0.460. The molecule has 0 N–H and O–H groups in total. The van der Waals surface area contributed by atoms with Crippen LogP contribution in [0.2, 0.25) is 26.2 Å². The van der Waals surface area contributed by atoms with Crippen LogP contribution in [0.3, 0.4) is 0 Å². The molecule has 4 unspecified atom stereocenters. The molecule has 6 aromatic carbocycles. The standard InChI is InChI=1S/2C15H11.2C11H11.2C2H7Si.2ClH.2Zr/c2*1-2-6-12(7-3-1)15-10-13-8-4-5-9-14(13)11-15;2*1-8-7-9(2)11-6-4-3-5-10(8)11;2*1-3-2;;;;/h2*1-11H;2*3-6,8H,1-2H3;2*3H,1-2H3;2*1H;;/q;;;;;;;;2*+1/p-2. The zero-order valence-corrected chi connectivity index (χ0v) is 46.1. The van der Waals surface area contributed by atoms with E-state index in [4.69, 9.17) is 0 Å². The van der Waals surface area contributed by atoms with Crippen LogP contribution in [0, 0.1) is 0 Å². The first-order valence-corrected chi connectivity index (χ1v) is 41.8. The zero-order chi connectivity index (χ0) is 41.7. The van der Waals surface area contributed by atoms with Crippen molar-refractivity contribution in [2.24, 2.45) is 0 Å². The summed E-state index contributed by atoms with van der Waals surface area (Å²) in [4.78, 5) is 0. The van der Waals surface area contributed by atoms with E-state index in [-0.39, 0.29) is 24.8 Å². The molecule has 0 bridgehead atoms. The second-order valence-corrected chi connectivity index (χ2v) is 56.9. The Morgan fingerprint density at radius 1 is 0.387 bits per heavy atom. The van der Waals surface area contributed by atoms with Crippen LogP contribution in [0.25, 0.3) is 34.4 Å². The first kappa shape index (κ1) is 47.0. The number of allylic oxidation sites excluding steroid dienone is 6. The summed E-state index contributed by atoms with van der Waals surface area (Å²) in [5, 5.41) is 0. The van der Waals surface area contributed by atoms with Crippen LogP contribution in [-0.4, -0.2) is 11.8 Å². The van der Waals surface area contributed by atoms with Crippen molar-refractivity contribution >= 4 is 46.3 Å². The van der Waals surface area contributed by atoms with Crippen molar-refractivity contribution in [2.45, 2.75) is 73.0 Å². The molecule has 6 heteroatoms. The summed E-state index contributed by atoms with van der Waals surface area (Å²) >= 11 is -3.99. The van der Waals surface area contributed by atoms with Crippen molar-refractivity contribution < 1.29 is 66.6 Å². The zero-order valence-electron chi connectivity index (χ0n) is 37.4. The summed E-state index contributed by atoms with van der Waals surface area (Å²) in [6, 6.07) is 59.1. The van der Waals surface area contributed by atoms with Crippen molar-refractivity contribution in [3.63, 3.8) is 0 Å². The molecular formula is C56H58Cl2Si2Zr2. The van der Waals surface area contributed by atoms with Crippen molar-refractivity contribution in [3.05, 3.63) is 220 Å². The summed E-state index contributed by atoms with van der Waals surface area (Å²) in [6.07, 6.45) is 5.02. The third-order valence-electron chi connectivity index (χ3n) is 13.9. The van der Waals surface area contributed by atoms with Gasteiger partial charge in [-0.1, -0.05) is 0 Å². The van der Waals surface area contributed by atoms with E-state index in [0.717, 1.165) is 0 Å². The van der Waals surface area contributed by atoms with Crippen molar-refractivity contribution in [1.29, 1.82) is 0 Å². The Labute approximate surface area is 401 Å². The van der Waals surface area contributed by atoms with Crippen LogP contribution >= 0.6 is 0 Å². The molecule has 4 atom stereocenters. The molecule has 6 aromatic rings. The van der Waals surface area contributed by atoms with Gasteiger partial charge in [0.2, 0.25) is 0 Å². The van der Waals surface area contributed by atoms with Gasteiger partial charge >= 0.3 is 381 Å². The largest absolute Gasteiger partial charge is 1.00 e. The number of fused-ring (bicyclic) bond motifs is 4. The molecule has 62 heavy (non-hydrogen) atoms. The maximum Gasteiger partial charge on any atom is -1.00 e. The third kappa shape index (κ3) is 8.52. The molecule has 0 heterocycles. The Morgan fingerprint density at radius 2 is 0.694 bits per heavy atom. The van der Waals surface area contributed by atoms with Gasteiger partial charge in [0, 0.05) is 0 Å². The molecule has 312 valence electrons. The molecule has 0 saturated carbocycles. The van der Waals surface area contributed by atoms with Gasteiger partial charge in [-0.15, -0.1) is 0 Å².